The molecule has 0 saturated carbocycles. The summed E-state index contributed by atoms with van der Waals surface area (Å²) < 4.78 is 5.82. The number of aryl methyl sites for hydroxylation is 1. The van der Waals surface area contributed by atoms with E-state index in [0.717, 1.165) is 11.3 Å². The molecule has 2 unspecified atom stereocenters. The summed E-state index contributed by atoms with van der Waals surface area (Å²) in [6, 6.07) is 0. The SMILES string of the molecule is CCOC(c1ncc2c(n1)CCC(C(=O)O)C2)C(C)(C)C. The highest BCUT2D eigenvalue weighted by Gasteiger charge is 2.31. The van der Waals surface area contributed by atoms with Crippen molar-refractivity contribution in [1.82, 2.24) is 9.97 Å². The molecule has 21 heavy (non-hydrogen) atoms. The molecule has 5 nitrogen and oxygen atoms in total. The number of rotatable bonds is 4. The van der Waals surface area contributed by atoms with E-state index in [1.54, 1.807) is 6.20 Å². The van der Waals surface area contributed by atoms with Crippen LogP contribution in [0.3, 0.4) is 0 Å². The van der Waals surface area contributed by atoms with Gasteiger partial charge in [0.1, 0.15) is 6.10 Å². The highest BCUT2D eigenvalue weighted by molar-refractivity contribution is 5.70. The van der Waals surface area contributed by atoms with Crippen LogP contribution in [0.15, 0.2) is 6.20 Å². The molecule has 1 aliphatic carbocycles. The van der Waals surface area contributed by atoms with Crippen LogP contribution in [0.5, 0.6) is 0 Å². The summed E-state index contributed by atoms with van der Waals surface area (Å²) in [7, 11) is 0. The summed E-state index contributed by atoms with van der Waals surface area (Å²) >= 11 is 0. The fraction of sp³-hybridized carbons (Fsp3) is 0.688. The first-order chi connectivity index (χ1) is 9.82. The first kappa shape index (κ1) is 15.9. The quantitative estimate of drug-likeness (QED) is 0.923. The highest BCUT2D eigenvalue weighted by Crippen LogP contribution is 2.35. The molecule has 2 rings (SSSR count). The van der Waals surface area contributed by atoms with Crippen LogP contribution in [0.25, 0.3) is 0 Å². The number of carboxylic acids is 1. The maximum absolute atomic E-state index is 11.1. The Balaban J connectivity index is 2.27. The van der Waals surface area contributed by atoms with Gasteiger partial charge in [0.15, 0.2) is 5.82 Å². The Kier molecular flexibility index (Phi) is 4.61. The second-order valence-corrected chi connectivity index (χ2v) is 6.68. The van der Waals surface area contributed by atoms with E-state index >= 15 is 0 Å². The molecule has 1 aliphatic rings. The van der Waals surface area contributed by atoms with Gasteiger partial charge in [0.25, 0.3) is 0 Å². The van der Waals surface area contributed by atoms with Gasteiger partial charge in [0.05, 0.1) is 5.92 Å². The molecule has 1 heterocycles. The molecule has 1 aromatic rings. The Bertz CT molecular complexity index is 523. The van der Waals surface area contributed by atoms with Crippen molar-refractivity contribution >= 4 is 5.97 Å². The van der Waals surface area contributed by atoms with Crippen LogP contribution in [0.1, 0.15) is 57.3 Å². The smallest absolute Gasteiger partial charge is 0.306 e. The maximum atomic E-state index is 11.1. The molecule has 5 heteroatoms. The number of carboxylic acid groups (broad SMARTS) is 1. The third-order valence-electron chi connectivity index (χ3n) is 3.87. The van der Waals surface area contributed by atoms with E-state index in [-0.39, 0.29) is 17.4 Å². The Morgan fingerprint density at radius 2 is 2.24 bits per heavy atom. The van der Waals surface area contributed by atoms with Crippen molar-refractivity contribution in [2.24, 2.45) is 11.3 Å². The minimum absolute atomic E-state index is 0.0808. The van der Waals surface area contributed by atoms with E-state index in [1.165, 1.54) is 0 Å². The Morgan fingerprint density at radius 3 is 2.81 bits per heavy atom. The molecule has 0 amide bonds. The van der Waals surface area contributed by atoms with Gasteiger partial charge in [-0.1, -0.05) is 20.8 Å². The fourth-order valence-corrected chi connectivity index (χ4v) is 2.74. The lowest BCUT2D eigenvalue weighted by molar-refractivity contribution is -0.142. The molecule has 2 atom stereocenters. The number of hydrogen-bond acceptors (Lipinski definition) is 4. The second kappa shape index (κ2) is 6.10. The predicted octanol–water partition coefficient (Wildman–Crippen LogP) is 2.79. The number of hydrogen-bond donors (Lipinski definition) is 1. The monoisotopic (exact) mass is 292 g/mol. The maximum Gasteiger partial charge on any atom is 0.306 e. The largest absolute Gasteiger partial charge is 0.481 e. The third kappa shape index (κ3) is 3.59. The van der Waals surface area contributed by atoms with Crippen molar-refractivity contribution in [3.63, 3.8) is 0 Å². The number of aliphatic carboxylic acids is 1. The number of aromatic nitrogens is 2. The zero-order chi connectivity index (χ0) is 15.6. The molecule has 116 valence electrons. The van der Waals surface area contributed by atoms with Crippen LogP contribution in [0, 0.1) is 11.3 Å². The van der Waals surface area contributed by atoms with Crippen LogP contribution in [-0.2, 0) is 22.4 Å². The van der Waals surface area contributed by atoms with Crippen molar-refractivity contribution in [1.29, 1.82) is 0 Å². The minimum atomic E-state index is -0.730. The van der Waals surface area contributed by atoms with E-state index in [2.05, 4.69) is 30.7 Å². The fourth-order valence-electron chi connectivity index (χ4n) is 2.74. The van der Waals surface area contributed by atoms with Gasteiger partial charge in [0, 0.05) is 18.5 Å². The summed E-state index contributed by atoms with van der Waals surface area (Å²) in [6.07, 6.45) is 3.51. The molecular weight excluding hydrogens is 268 g/mol. The van der Waals surface area contributed by atoms with Crippen molar-refractivity contribution in [3.8, 4) is 0 Å². The number of carbonyl (C=O) groups is 1. The average Bonchev–Trinajstić information content (AvgIpc) is 2.42. The molecule has 1 aromatic heterocycles. The van der Waals surface area contributed by atoms with Crippen LogP contribution < -0.4 is 0 Å². The molecule has 0 spiro atoms. The molecule has 0 aliphatic heterocycles. The standard InChI is InChI=1S/C16H24N2O3/c1-5-21-13(16(2,3)4)14-17-9-11-8-10(15(19)20)6-7-12(11)18-14/h9-10,13H,5-8H2,1-4H3,(H,19,20). The van der Waals surface area contributed by atoms with Gasteiger partial charge in [-0.2, -0.15) is 0 Å². The lowest BCUT2D eigenvalue weighted by Crippen LogP contribution is -2.27. The average molecular weight is 292 g/mol. The summed E-state index contributed by atoms with van der Waals surface area (Å²) in [4.78, 5) is 20.2. The molecule has 0 bridgehead atoms. The van der Waals surface area contributed by atoms with Crippen LogP contribution in [-0.4, -0.2) is 27.7 Å². The minimum Gasteiger partial charge on any atom is -0.481 e. The summed E-state index contributed by atoms with van der Waals surface area (Å²) in [5, 5.41) is 9.12. The normalized spacial score (nSPS) is 19.9. The van der Waals surface area contributed by atoms with Crippen LogP contribution in [0.2, 0.25) is 0 Å². The Hall–Kier alpha value is -1.49. The van der Waals surface area contributed by atoms with E-state index in [1.807, 2.05) is 6.92 Å². The molecule has 0 saturated heterocycles. The van der Waals surface area contributed by atoms with Crippen molar-refractivity contribution < 1.29 is 14.6 Å². The zero-order valence-electron chi connectivity index (χ0n) is 13.2. The van der Waals surface area contributed by atoms with Crippen molar-refractivity contribution in [3.05, 3.63) is 23.3 Å². The van der Waals surface area contributed by atoms with Gasteiger partial charge in [-0.25, -0.2) is 9.97 Å². The van der Waals surface area contributed by atoms with Gasteiger partial charge in [-0.3, -0.25) is 4.79 Å². The summed E-state index contributed by atoms with van der Waals surface area (Å²) in [5.41, 5.74) is 1.86. The number of ether oxygens (including phenoxy) is 1. The van der Waals surface area contributed by atoms with Gasteiger partial charge in [0.2, 0.25) is 0 Å². The van der Waals surface area contributed by atoms with E-state index < -0.39 is 5.97 Å². The topological polar surface area (TPSA) is 72.3 Å². The molecular formula is C16H24N2O3. The summed E-state index contributed by atoms with van der Waals surface area (Å²) in [5.74, 6) is -0.333. The lowest BCUT2D eigenvalue weighted by atomic mass is 9.86. The Labute approximate surface area is 125 Å². The summed E-state index contributed by atoms with van der Waals surface area (Å²) in [6.45, 7) is 8.90. The van der Waals surface area contributed by atoms with Crippen LogP contribution >= 0.6 is 0 Å². The first-order valence-corrected chi connectivity index (χ1v) is 7.52. The van der Waals surface area contributed by atoms with E-state index in [0.29, 0.717) is 31.7 Å². The first-order valence-electron chi connectivity index (χ1n) is 7.52. The van der Waals surface area contributed by atoms with Gasteiger partial charge in [-0.05, 0) is 37.2 Å². The van der Waals surface area contributed by atoms with E-state index in [9.17, 15) is 4.79 Å². The number of nitrogens with zero attached hydrogens (tertiary/aromatic N) is 2. The van der Waals surface area contributed by atoms with E-state index in [4.69, 9.17) is 9.84 Å². The van der Waals surface area contributed by atoms with Crippen LogP contribution in [0.4, 0.5) is 0 Å². The van der Waals surface area contributed by atoms with Gasteiger partial charge in [-0.15, -0.1) is 0 Å². The molecule has 1 N–H and O–H groups in total. The zero-order valence-corrected chi connectivity index (χ0v) is 13.2. The highest BCUT2D eigenvalue weighted by atomic mass is 16.5. The lowest BCUT2D eigenvalue weighted by Gasteiger charge is -2.30. The molecule has 0 radical (unpaired) electrons. The Morgan fingerprint density at radius 1 is 1.52 bits per heavy atom. The third-order valence-corrected chi connectivity index (χ3v) is 3.87. The molecule has 0 aromatic carbocycles. The second-order valence-electron chi connectivity index (χ2n) is 6.68. The van der Waals surface area contributed by atoms with Crippen molar-refractivity contribution in [2.75, 3.05) is 6.61 Å². The predicted molar refractivity (Wildman–Crippen MR) is 79.0 cm³/mol. The van der Waals surface area contributed by atoms with Gasteiger partial charge >= 0.3 is 5.97 Å². The molecule has 0 fully saturated rings. The van der Waals surface area contributed by atoms with Crippen molar-refractivity contribution in [2.45, 2.75) is 53.1 Å². The number of fused-ring (bicyclic) bond motifs is 1. The van der Waals surface area contributed by atoms with Gasteiger partial charge < -0.3 is 9.84 Å².